The minimum absolute atomic E-state index is 0.0491. The number of carbonyl (C=O) groups excluding carboxylic acids is 1. The second-order valence-corrected chi connectivity index (χ2v) is 6.31. The molecule has 0 radical (unpaired) electrons. The summed E-state index contributed by atoms with van der Waals surface area (Å²) in [4.78, 5) is 15.0. The Kier molecular flexibility index (Phi) is 4.24. The number of amides is 1. The van der Waals surface area contributed by atoms with Gasteiger partial charge in [0.05, 0.1) is 18.9 Å². The highest BCUT2D eigenvalue weighted by Crippen LogP contribution is 2.47. The van der Waals surface area contributed by atoms with Crippen LogP contribution in [0.1, 0.15) is 49.3 Å². The predicted octanol–water partition coefficient (Wildman–Crippen LogP) is 3.43. The van der Waals surface area contributed by atoms with E-state index in [9.17, 15) is 4.79 Å². The highest BCUT2D eigenvalue weighted by molar-refractivity contribution is 6.07. The lowest BCUT2D eigenvalue weighted by Gasteiger charge is -2.32. The van der Waals surface area contributed by atoms with Gasteiger partial charge in [0.25, 0.3) is 11.7 Å². The van der Waals surface area contributed by atoms with Gasteiger partial charge >= 0.3 is 0 Å². The third kappa shape index (κ3) is 2.34. The molecule has 120 valence electrons. The molecular weight excluding hydrogens is 278 g/mol. The third-order valence-corrected chi connectivity index (χ3v) is 4.48. The summed E-state index contributed by atoms with van der Waals surface area (Å²) in [6.45, 7) is 8.16. The standard InChI is InChI=1S/C18H25NO3/c1-4-5-6-8-19-16-14(3)11-13(2)12-15(16)18(17(19)20)21-9-7-10-22-18/h11-12H,4-10H2,1-3H3. The molecule has 1 fully saturated rings. The van der Waals surface area contributed by atoms with Crippen LogP contribution in [0.15, 0.2) is 12.1 Å². The van der Waals surface area contributed by atoms with Gasteiger partial charge in [0.2, 0.25) is 0 Å². The Morgan fingerprint density at radius 1 is 1.18 bits per heavy atom. The van der Waals surface area contributed by atoms with E-state index in [0.29, 0.717) is 13.2 Å². The Morgan fingerprint density at radius 3 is 2.59 bits per heavy atom. The fraction of sp³-hybridized carbons (Fsp3) is 0.611. The normalized spacial score (nSPS) is 19.8. The molecule has 1 amide bonds. The van der Waals surface area contributed by atoms with Crippen molar-refractivity contribution in [3.05, 3.63) is 28.8 Å². The minimum atomic E-state index is -1.20. The molecule has 0 aromatic heterocycles. The number of aryl methyl sites for hydroxylation is 2. The van der Waals surface area contributed by atoms with Gasteiger partial charge in [-0.15, -0.1) is 0 Å². The zero-order valence-electron chi connectivity index (χ0n) is 13.8. The number of carbonyl (C=O) groups is 1. The van der Waals surface area contributed by atoms with E-state index in [0.717, 1.165) is 54.6 Å². The molecule has 1 aromatic carbocycles. The Morgan fingerprint density at radius 2 is 1.91 bits per heavy atom. The van der Waals surface area contributed by atoms with E-state index >= 15 is 0 Å². The molecule has 2 aliphatic heterocycles. The van der Waals surface area contributed by atoms with Crippen LogP contribution in [0.25, 0.3) is 0 Å². The zero-order chi connectivity index (χ0) is 15.7. The number of benzene rings is 1. The molecule has 0 unspecified atom stereocenters. The van der Waals surface area contributed by atoms with Crippen molar-refractivity contribution in [2.75, 3.05) is 24.7 Å². The summed E-state index contributed by atoms with van der Waals surface area (Å²) in [5.41, 5.74) is 4.14. The summed E-state index contributed by atoms with van der Waals surface area (Å²) in [6.07, 6.45) is 4.11. The van der Waals surface area contributed by atoms with Gasteiger partial charge in [-0.3, -0.25) is 4.79 Å². The molecule has 1 saturated heterocycles. The molecule has 2 aliphatic rings. The van der Waals surface area contributed by atoms with Crippen molar-refractivity contribution >= 4 is 11.6 Å². The first kappa shape index (κ1) is 15.5. The molecule has 0 bridgehead atoms. The quantitative estimate of drug-likeness (QED) is 0.800. The highest BCUT2D eigenvalue weighted by atomic mass is 16.7. The average Bonchev–Trinajstić information content (AvgIpc) is 2.72. The van der Waals surface area contributed by atoms with Crippen molar-refractivity contribution in [2.24, 2.45) is 0 Å². The Balaban J connectivity index is 2.04. The lowest BCUT2D eigenvalue weighted by molar-refractivity contribution is -0.256. The van der Waals surface area contributed by atoms with Gasteiger partial charge in [-0.25, -0.2) is 0 Å². The average molecular weight is 303 g/mol. The summed E-state index contributed by atoms with van der Waals surface area (Å²) in [6, 6.07) is 4.17. The van der Waals surface area contributed by atoms with Crippen molar-refractivity contribution in [1.29, 1.82) is 0 Å². The van der Waals surface area contributed by atoms with Crippen molar-refractivity contribution < 1.29 is 14.3 Å². The topological polar surface area (TPSA) is 38.8 Å². The van der Waals surface area contributed by atoms with Crippen LogP contribution in [0.3, 0.4) is 0 Å². The van der Waals surface area contributed by atoms with Crippen LogP contribution in [0.5, 0.6) is 0 Å². The molecule has 1 spiro atoms. The predicted molar refractivity (Wildman–Crippen MR) is 86.0 cm³/mol. The molecule has 2 heterocycles. The van der Waals surface area contributed by atoms with Gasteiger partial charge in [0, 0.05) is 12.1 Å². The second-order valence-electron chi connectivity index (χ2n) is 6.31. The van der Waals surface area contributed by atoms with Crippen LogP contribution < -0.4 is 4.90 Å². The molecule has 0 atom stereocenters. The molecule has 0 N–H and O–H groups in total. The van der Waals surface area contributed by atoms with Crippen LogP contribution >= 0.6 is 0 Å². The molecular formula is C18H25NO3. The maximum absolute atomic E-state index is 13.1. The number of anilines is 1. The number of hydrogen-bond acceptors (Lipinski definition) is 3. The Bertz CT molecular complexity index is 576. The number of hydrogen-bond donors (Lipinski definition) is 0. The summed E-state index contributed by atoms with van der Waals surface area (Å²) >= 11 is 0. The van der Waals surface area contributed by atoms with Gasteiger partial charge in [0.15, 0.2) is 0 Å². The third-order valence-electron chi connectivity index (χ3n) is 4.48. The van der Waals surface area contributed by atoms with Crippen molar-refractivity contribution in [2.45, 2.75) is 52.2 Å². The smallest absolute Gasteiger partial charge is 0.292 e. The van der Waals surface area contributed by atoms with Crippen LogP contribution in [0.2, 0.25) is 0 Å². The number of ether oxygens (including phenoxy) is 2. The van der Waals surface area contributed by atoms with E-state index in [1.165, 1.54) is 0 Å². The molecule has 1 aromatic rings. The van der Waals surface area contributed by atoms with Crippen LogP contribution in [-0.2, 0) is 20.1 Å². The SMILES string of the molecule is CCCCCN1C(=O)C2(OCCCO2)c2cc(C)cc(C)c21. The number of fused-ring (bicyclic) bond motifs is 2. The summed E-state index contributed by atoms with van der Waals surface area (Å²) in [5, 5.41) is 0. The minimum Gasteiger partial charge on any atom is -0.338 e. The maximum Gasteiger partial charge on any atom is 0.292 e. The van der Waals surface area contributed by atoms with E-state index in [4.69, 9.17) is 9.47 Å². The summed E-state index contributed by atoms with van der Waals surface area (Å²) < 4.78 is 11.8. The summed E-state index contributed by atoms with van der Waals surface area (Å²) in [7, 11) is 0. The van der Waals surface area contributed by atoms with E-state index in [-0.39, 0.29) is 5.91 Å². The zero-order valence-corrected chi connectivity index (χ0v) is 13.8. The number of nitrogens with zero attached hydrogens (tertiary/aromatic N) is 1. The molecule has 22 heavy (non-hydrogen) atoms. The van der Waals surface area contributed by atoms with Crippen LogP contribution in [0, 0.1) is 13.8 Å². The van der Waals surface area contributed by atoms with Crippen molar-refractivity contribution in [1.82, 2.24) is 0 Å². The lowest BCUT2D eigenvalue weighted by atomic mass is 10.00. The maximum atomic E-state index is 13.1. The molecule has 3 rings (SSSR count). The lowest BCUT2D eigenvalue weighted by Crippen LogP contribution is -2.47. The van der Waals surface area contributed by atoms with Gasteiger partial charge in [-0.05, 0) is 38.3 Å². The van der Waals surface area contributed by atoms with E-state index in [2.05, 4.69) is 19.9 Å². The molecule has 0 saturated carbocycles. The first-order chi connectivity index (χ1) is 10.6. The Labute approximate surface area is 132 Å². The largest absolute Gasteiger partial charge is 0.338 e. The van der Waals surface area contributed by atoms with Crippen molar-refractivity contribution in [3.63, 3.8) is 0 Å². The number of rotatable bonds is 4. The molecule has 4 nitrogen and oxygen atoms in total. The van der Waals surface area contributed by atoms with E-state index in [1.54, 1.807) is 0 Å². The van der Waals surface area contributed by atoms with Gasteiger partial charge in [0.1, 0.15) is 0 Å². The highest BCUT2D eigenvalue weighted by Gasteiger charge is 2.55. The van der Waals surface area contributed by atoms with Crippen LogP contribution in [0.4, 0.5) is 5.69 Å². The first-order valence-electron chi connectivity index (χ1n) is 8.31. The Hall–Kier alpha value is -1.39. The fourth-order valence-corrected chi connectivity index (χ4v) is 3.51. The second kappa shape index (κ2) is 6.01. The fourth-order valence-electron chi connectivity index (χ4n) is 3.51. The van der Waals surface area contributed by atoms with Gasteiger partial charge in [-0.1, -0.05) is 31.4 Å². The summed E-state index contributed by atoms with van der Waals surface area (Å²) in [5.74, 6) is -1.25. The van der Waals surface area contributed by atoms with E-state index in [1.807, 2.05) is 17.9 Å². The molecule has 0 aliphatic carbocycles. The van der Waals surface area contributed by atoms with Crippen molar-refractivity contribution in [3.8, 4) is 0 Å². The van der Waals surface area contributed by atoms with Gasteiger partial charge < -0.3 is 14.4 Å². The number of unbranched alkanes of at least 4 members (excludes halogenated alkanes) is 2. The van der Waals surface area contributed by atoms with Gasteiger partial charge in [-0.2, -0.15) is 0 Å². The molecule has 4 heteroatoms. The van der Waals surface area contributed by atoms with Crippen LogP contribution in [-0.4, -0.2) is 25.7 Å². The first-order valence-corrected chi connectivity index (χ1v) is 8.31. The monoisotopic (exact) mass is 303 g/mol. The van der Waals surface area contributed by atoms with E-state index < -0.39 is 5.79 Å².